The summed E-state index contributed by atoms with van der Waals surface area (Å²) in [5.74, 6) is -0.263. The molecule has 0 unspecified atom stereocenters. The van der Waals surface area contributed by atoms with Gasteiger partial charge in [-0.05, 0) is 24.3 Å². The number of alkyl halides is 2. The number of pyridine rings is 1. The SMILES string of the molecule is CC(=O)NCCNC(=O)Nc1ccc(OC(F)F)c2ncccc12. The molecule has 0 fully saturated rings. The predicted molar refractivity (Wildman–Crippen MR) is 84.1 cm³/mol. The molecule has 0 saturated heterocycles. The zero-order chi connectivity index (χ0) is 17.5. The molecule has 1 aromatic heterocycles. The van der Waals surface area contributed by atoms with Crippen molar-refractivity contribution in [1.29, 1.82) is 0 Å². The van der Waals surface area contributed by atoms with Crippen LogP contribution in [0.1, 0.15) is 6.92 Å². The lowest BCUT2D eigenvalue weighted by Gasteiger charge is -2.12. The fourth-order valence-corrected chi connectivity index (χ4v) is 2.03. The van der Waals surface area contributed by atoms with Gasteiger partial charge >= 0.3 is 12.6 Å². The second-order valence-corrected chi connectivity index (χ2v) is 4.75. The first-order valence-electron chi connectivity index (χ1n) is 7.09. The third kappa shape index (κ3) is 4.77. The number of nitrogens with zero attached hydrogens (tertiary/aromatic N) is 1. The highest BCUT2D eigenvalue weighted by atomic mass is 19.3. The Bertz CT molecular complexity index is 740. The lowest BCUT2D eigenvalue weighted by atomic mass is 10.1. The minimum atomic E-state index is -2.97. The fraction of sp³-hybridized carbons (Fsp3) is 0.267. The number of amides is 3. The van der Waals surface area contributed by atoms with Gasteiger partial charge in [-0.2, -0.15) is 8.78 Å². The van der Waals surface area contributed by atoms with E-state index in [4.69, 9.17) is 0 Å². The topological polar surface area (TPSA) is 92.4 Å². The molecule has 0 bridgehead atoms. The maximum absolute atomic E-state index is 12.4. The number of rotatable bonds is 6. The van der Waals surface area contributed by atoms with Gasteiger partial charge in [-0.15, -0.1) is 0 Å². The van der Waals surface area contributed by atoms with E-state index in [9.17, 15) is 18.4 Å². The average Bonchev–Trinajstić information content (AvgIpc) is 2.53. The summed E-state index contributed by atoms with van der Waals surface area (Å²) in [6.45, 7) is -1.05. The fourth-order valence-electron chi connectivity index (χ4n) is 2.03. The van der Waals surface area contributed by atoms with Crippen LogP contribution in [0.15, 0.2) is 30.5 Å². The Labute approximate surface area is 136 Å². The number of benzene rings is 1. The number of hydrogen-bond donors (Lipinski definition) is 3. The summed E-state index contributed by atoms with van der Waals surface area (Å²) >= 11 is 0. The van der Waals surface area contributed by atoms with E-state index in [1.165, 1.54) is 25.3 Å². The molecular formula is C15H16F2N4O3. The molecule has 0 aliphatic carbocycles. The number of anilines is 1. The number of hydrogen-bond acceptors (Lipinski definition) is 4. The van der Waals surface area contributed by atoms with E-state index in [1.54, 1.807) is 12.1 Å². The van der Waals surface area contributed by atoms with Crippen LogP contribution in [0, 0.1) is 0 Å². The summed E-state index contributed by atoms with van der Waals surface area (Å²) < 4.78 is 29.3. The van der Waals surface area contributed by atoms with Gasteiger partial charge in [0.15, 0.2) is 5.75 Å². The Morgan fingerprint density at radius 2 is 1.96 bits per heavy atom. The number of halogens is 2. The standard InChI is InChI=1S/C15H16F2N4O3/c1-9(22)18-7-8-20-15(23)21-11-4-5-12(24-14(16)17)13-10(11)3-2-6-19-13/h2-6,14H,7-8H2,1H3,(H,18,22)(H2,20,21,23). The number of carbonyl (C=O) groups excluding carboxylic acids is 2. The van der Waals surface area contributed by atoms with E-state index < -0.39 is 12.6 Å². The van der Waals surface area contributed by atoms with Crippen molar-refractivity contribution >= 4 is 28.5 Å². The van der Waals surface area contributed by atoms with Gasteiger partial charge in [-0.3, -0.25) is 9.78 Å². The zero-order valence-electron chi connectivity index (χ0n) is 12.8. The predicted octanol–water partition coefficient (Wildman–Crippen LogP) is 2.09. The Hall–Kier alpha value is -2.97. The number of ether oxygens (including phenoxy) is 1. The molecule has 3 amide bonds. The van der Waals surface area contributed by atoms with Gasteiger partial charge in [-0.1, -0.05) is 0 Å². The van der Waals surface area contributed by atoms with E-state index in [-0.39, 0.29) is 23.7 Å². The van der Waals surface area contributed by atoms with Crippen LogP contribution in [0.5, 0.6) is 5.75 Å². The molecule has 0 atom stereocenters. The van der Waals surface area contributed by atoms with E-state index in [0.717, 1.165) is 0 Å². The highest BCUT2D eigenvalue weighted by Gasteiger charge is 2.13. The van der Waals surface area contributed by atoms with Crippen LogP contribution in [0.2, 0.25) is 0 Å². The van der Waals surface area contributed by atoms with Gasteiger partial charge in [-0.25, -0.2) is 4.79 Å². The summed E-state index contributed by atoms with van der Waals surface area (Å²) in [7, 11) is 0. The molecule has 0 aliphatic rings. The van der Waals surface area contributed by atoms with Crippen LogP contribution in [0.25, 0.3) is 10.9 Å². The number of nitrogens with one attached hydrogen (secondary N) is 3. The van der Waals surface area contributed by atoms with E-state index in [0.29, 0.717) is 17.6 Å². The molecule has 0 saturated carbocycles. The summed E-state index contributed by atoms with van der Waals surface area (Å²) in [4.78, 5) is 26.6. The average molecular weight is 338 g/mol. The van der Waals surface area contributed by atoms with E-state index >= 15 is 0 Å². The van der Waals surface area contributed by atoms with Crippen LogP contribution < -0.4 is 20.7 Å². The van der Waals surface area contributed by atoms with Crippen molar-refractivity contribution in [3.63, 3.8) is 0 Å². The molecular weight excluding hydrogens is 322 g/mol. The Balaban J connectivity index is 2.09. The zero-order valence-corrected chi connectivity index (χ0v) is 12.8. The normalized spacial score (nSPS) is 10.5. The minimum Gasteiger partial charge on any atom is -0.432 e. The van der Waals surface area contributed by atoms with Crippen molar-refractivity contribution in [3.8, 4) is 5.75 Å². The van der Waals surface area contributed by atoms with Gasteiger partial charge in [0, 0.05) is 31.6 Å². The van der Waals surface area contributed by atoms with Crippen molar-refractivity contribution in [1.82, 2.24) is 15.6 Å². The molecule has 3 N–H and O–H groups in total. The first-order valence-corrected chi connectivity index (χ1v) is 7.09. The van der Waals surface area contributed by atoms with Gasteiger partial charge in [0.25, 0.3) is 0 Å². The third-order valence-corrected chi connectivity index (χ3v) is 2.98. The second kappa shape index (κ2) is 8.04. The van der Waals surface area contributed by atoms with Crippen LogP contribution >= 0.6 is 0 Å². The number of urea groups is 1. The van der Waals surface area contributed by atoms with Crippen molar-refractivity contribution in [2.24, 2.45) is 0 Å². The molecule has 2 rings (SSSR count). The van der Waals surface area contributed by atoms with Crippen LogP contribution in [0.4, 0.5) is 19.3 Å². The van der Waals surface area contributed by atoms with E-state index in [1.807, 2.05) is 0 Å². The maximum Gasteiger partial charge on any atom is 0.387 e. The van der Waals surface area contributed by atoms with Crippen LogP contribution in [-0.2, 0) is 4.79 Å². The quantitative estimate of drug-likeness (QED) is 0.703. The summed E-state index contributed by atoms with van der Waals surface area (Å²) in [5.41, 5.74) is 0.616. The molecule has 0 spiro atoms. The van der Waals surface area contributed by atoms with Crippen LogP contribution in [0.3, 0.4) is 0 Å². The van der Waals surface area contributed by atoms with Gasteiger partial charge < -0.3 is 20.7 Å². The van der Waals surface area contributed by atoms with E-state index in [2.05, 4.69) is 25.7 Å². The molecule has 0 aliphatic heterocycles. The van der Waals surface area contributed by atoms with Gasteiger partial charge in [0.05, 0.1) is 5.69 Å². The Morgan fingerprint density at radius 3 is 2.67 bits per heavy atom. The highest BCUT2D eigenvalue weighted by Crippen LogP contribution is 2.30. The number of carbonyl (C=O) groups is 2. The molecule has 128 valence electrons. The molecule has 24 heavy (non-hydrogen) atoms. The Kier molecular flexibility index (Phi) is 5.83. The summed E-state index contributed by atoms with van der Waals surface area (Å²) in [6.07, 6.45) is 1.44. The molecule has 0 radical (unpaired) electrons. The monoisotopic (exact) mass is 338 g/mol. The Morgan fingerprint density at radius 1 is 1.21 bits per heavy atom. The molecule has 1 aromatic carbocycles. The minimum absolute atomic E-state index is 0.0720. The summed E-state index contributed by atoms with van der Waals surface area (Å²) in [6, 6.07) is 5.53. The number of fused-ring (bicyclic) bond motifs is 1. The lowest BCUT2D eigenvalue weighted by molar-refractivity contribution is -0.118. The van der Waals surface area contributed by atoms with Gasteiger partial charge in [0.1, 0.15) is 5.52 Å². The first kappa shape index (κ1) is 17.4. The van der Waals surface area contributed by atoms with Crippen molar-refractivity contribution in [3.05, 3.63) is 30.5 Å². The van der Waals surface area contributed by atoms with Crippen molar-refractivity contribution in [2.45, 2.75) is 13.5 Å². The summed E-state index contributed by atoms with van der Waals surface area (Å²) in [5, 5.41) is 8.18. The number of aromatic nitrogens is 1. The lowest BCUT2D eigenvalue weighted by Crippen LogP contribution is -2.36. The molecule has 1 heterocycles. The third-order valence-electron chi connectivity index (χ3n) is 2.98. The molecule has 9 heteroatoms. The van der Waals surface area contributed by atoms with Crippen LogP contribution in [-0.4, -0.2) is 36.6 Å². The van der Waals surface area contributed by atoms with Crippen molar-refractivity contribution < 1.29 is 23.1 Å². The second-order valence-electron chi connectivity index (χ2n) is 4.75. The highest BCUT2D eigenvalue weighted by molar-refractivity contribution is 6.02. The van der Waals surface area contributed by atoms with Crippen molar-refractivity contribution in [2.75, 3.05) is 18.4 Å². The smallest absolute Gasteiger partial charge is 0.387 e. The van der Waals surface area contributed by atoms with Gasteiger partial charge in [0.2, 0.25) is 5.91 Å². The molecule has 2 aromatic rings. The first-order chi connectivity index (χ1) is 11.5. The largest absolute Gasteiger partial charge is 0.432 e. The maximum atomic E-state index is 12.4. The molecule has 7 nitrogen and oxygen atoms in total.